The molecule has 36 heavy (non-hydrogen) atoms. The van der Waals surface area contributed by atoms with Crippen molar-refractivity contribution in [2.45, 2.75) is 6.92 Å². The van der Waals surface area contributed by atoms with Gasteiger partial charge in [-0.05, 0) is 48.2 Å². The number of hydrogen-bond acceptors (Lipinski definition) is 6. The summed E-state index contributed by atoms with van der Waals surface area (Å²) in [4.78, 5) is 20.8. The number of carbonyl (C=O) groups is 1. The number of pyridine rings is 1. The quantitative estimate of drug-likeness (QED) is 0.220. The highest BCUT2D eigenvalue weighted by atomic mass is 16.3. The van der Waals surface area contributed by atoms with Gasteiger partial charge in [-0.25, -0.2) is 14.5 Å². The fourth-order valence-electron chi connectivity index (χ4n) is 3.76. The number of aromatic hydroxyl groups is 1. The summed E-state index contributed by atoms with van der Waals surface area (Å²) in [5.74, 6) is -0.194. The molecule has 0 bridgehead atoms. The molecule has 0 aliphatic rings. The van der Waals surface area contributed by atoms with Crippen molar-refractivity contribution in [1.29, 1.82) is 0 Å². The molecule has 0 aliphatic heterocycles. The summed E-state index contributed by atoms with van der Waals surface area (Å²) < 4.78 is 1.39. The van der Waals surface area contributed by atoms with E-state index in [9.17, 15) is 9.90 Å². The number of nitrogens with one attached hydrogen (secondary N) is 1. The van der Waals surface area contributed by atoms with E-state index in [2.05, 4.69) is 30.5 Å². The van der Waals surface area contributed by atoms with Crippen molar-refractivity contribution >= 4 is 39.6 Å². The molecule has 9 nitrogen and oxygen atoms in total. The van der Waals surface area contributed by atoms with Crippen LogP contribution in [-0.4, -0.2) is 25.8 Å². The molecule has 174 valence electrons. The minimum absolute atomic E-state index is 0.0489. The van der Waals surface area contributed by atoms with Crippen LogP contribution in [0.15, 0.2) is 95.4 Å². The highest BCUT2D eigenvalue weighted by Gasteiger charge is 2.20. The van der Waals surface area contributed by atoms with E-state index >= 15 is 0 Å². The summed E-state index contributed by atoms with van der Waals surface area (Å²) in [5, 5.41) is 28.0. The number of benzene rings is 3. The van der Waals surface area contributed by atoms with Gasteiger partial charge in [0.2, 0.25) is 0 Å². The number of phenolic OH excluding ortho intramolecular Hbond substituents is 1. The molecule has 5 rings (SSSR count). The Hall–Kier alpha value is -5.36. The SMILES string of the molecule is [C-]#[N+]c1cnn(-c2ccccn2)c1N=Nc1c(O)c(C(=O)Nc2cccc(C)c2)cc2ccccc12. The number of carbonyl (C=O) groups excluding carboxylic acids is 1. The van der Waals surface area contributed by atoms with Gasteiger partial charge in [-0.1, -0.05) is 42.5 Å². The number of azo groups is 1. The first-order valence-corrected chi connectivity index (χ1v) is 11.0. The molecule has 0 saturated heterocycles. The fourth-order valence-corrected chi connectivity index (χ4v) is 3.76. The van der Waals surface area contributed by atoms with Crippen molar-refractivity contribution in [2.75, 3.05) is 5.32 Å². The number of nitrogens with zero attached hydrogens (tertiary/aromatic N) is 6. The van der Waals surface area contributed by atoms with Crippen LogP contribution in [0.1, 0.15) is 15.9 Å². The van der Waals surface area contributed by atoms with Crippen LogP contribution >= 0.6 is 0 Å². The number of hydrogen-bond donors (Lipinski definition) is 2. The molecule has 2 aromatic heterocycles. The molecule has 0 aliphatic carbocycles. The van der Waals surface area contributed by atoms with Crippen LogP contribution in [0.25, 0.3) is 21.4 Å². The summed E-state index contributed by atoms with van der Waals surface area (Å²) in [6.07, 6.45) is 2.98. The van der Waals surface area contributed by atoms with E-state index in [1.54, 1.807) is 48.7 Å². The van der Waals surface area contributed by atoms with E-state index in [4.69, 9.17) is 6.57 Å². The lowest BCUT2D eigenvalue weighted by Crippen LogP contribution is -2.12. The Kier molecular flexibility index (Phi) is 5.91. The van der Waals surface area contributed by atoms with E-state index in [1.807, 2.05) is 37.3 Å². The van der Waals surface area contributed by atoms with Crippen molar-refractivity contribution in [3.8, 4) is 11.6 Å². The highest BCUT2D eigenvalue weighted by molar-refractivity contribution is 6.11. The van der Waals surface area contributed by atoms with Crippen LogP contribution in [0.4, 0.5) is 22.9 Å². The van der Waals surface area contributed by atoms with E-state index in [0.717, 1.165) is 5.56 Å². The maximum absolute atomic E-state index is 13.1. The van der Waals surface area contributed by atoms with E-state index in [0.29, 0.717) is 22.3 Å². The Morgan fingerprint density at radius 3 is 2.67 bits per heavy atom. The molecule has 0 atom stereocenters. The Labute approximate surface area is 206 Å². The monoisotopic (exact) mass is 473 g/mol. The molecule has 2 N–H and O–H groups in total. The summed E-state index contributed by atoms with van der Waals surface area (Å²) in [6, 6.07) is 21.5. The van der Waals surface area contributed by atoms with Crippen molar-refractivity contribution < 1.29 is 9.90 Å². The lowest BCUT2D eigenvalue weighted by molar-refractivity contribution is 0.102. The number of fused-ring (bicyclic) bond motifs is 1. The van der Waals surface area contributed by atoms with Gasteiger partial charge in [-0.15, -0.1) is 10.2 Å². The average Bonchev–Trinajstić information content (AvgIpc) is 3.31. The summed E-state index contributed by atoms with van der Waals surface area (Å²) in [6.45, 7) is 9.40. The maximum atomic E-state index is 13.1. The summed E-state index contributed by atoms with van der Waals surface area (Å²) in [7, 11) is 0. The second-order valence-corrected chi connectivity index (χ2v) is 7.93. The summed E-state index contributed by atoms with van der Waals surface area (Å²) in [5.41, 5.74) is 1.92. The molecular weight excluding hydrogens is 454 g/mol. The second-order valence-electron chi connectivity index (χ2n) is 7.93. The van der Waals surface area contributed by atoms with Gasteiger partial charge in [-0.3, -0.25) is 4.79 Å². The zero-order chi connectivity index (χ0) is 25.1. The number of rotatable bonds is 5. The van der Waals surface area contributed by atoms with Crippen LogP contribution in [0.3, 0.4) is 0 Å². The largest absolute Gasteiger partial charge is 0.505 e. The number of anilines is 1. The Balaban J connectivity index is 1.61. The van der Waals surface area contributed by atoms with Crippen LogP contribution in [0.5, 0.6) is 5.75 Å². The van der Waals surface area contributed by atoms with E-state index in [-0.39, 0.29) is 28.5 Å². The minimum atomic E-state index is -0.485. The summed E-state index contributed by atoms with van der Waals surface area (Å²) >= 11 is 0. The van der Waals surface area contributed by atoms with Crippen LogP contribution < -0.4 is 5.32 Å². The van der Waals surface area contributed by atoms with Crippen LogP contribution in [0, 0.1) is 13.5 Å². The van der Waals surface area contributed by atoms with Crippen molar-refractivity contribution in [2.24, 2.45) is 10.2 Å². The molecule has 0 saturated carbocycles. The van der Waals surface area contributed by atoms with Gasteiger partial charge in [-0.2, -0.15) is 5.10 Å². The number of aryl methyl sites for hydroxylation is 1. The predicted octanol–water partition coefficient (Wildman–Crippen LogP) is 6.65. The van der Waals surface area contributed by atoms with Crippen molar-refractivity contribution in [1.82, 2.24) is 14.8 Å². The first-order valence-electron chi connectivity index (χ1n) is 11.0. The molecule has 0 spiro atoms. The molecule has 0 unspecified atom stereocenters. The van der Waals surface area contributed by atoms with Gasteiger partial charge in [0.25, 0.3) is 11.6 Å². The van der Waals surface area contributed by atoms with Crippen molar-refractivity contribution in [3.05, 3.63) is 108 Å². The minimum Gasteiger partial charge on any atom is -0.505 e. The van der Waals surface area contributed by atoms with Gasteiger partial charge in [0, 0.05) is 17.3 Å². The maximum Gasteiger partial charge on any atom is 0.259 e. The molecule has 9 heteroatoms. The Bertz CT molecular complexity index is 1670. The van der Waals surface area contributed by atoms with Crippen LogP contribution in [0.2, 0.25) is 0 Å². The van der Waals surface area contributed by atoms with Crippen molar-refractivity contribution in [3.63, 3.8) is 0 Å². The van der Waals surface area contributed by atoms with Gasteiger partial charge in [0.15, 0.2) is 17.4 Å². The third kappa shape index (κ3) is 4.26. The number of phenols is 1. The fraction of sp³-hybridized carbons (Fsp3) is 0.0370. The van der Waals surface area contributed by atoms with Gasteiger partial charge in [0.1, 0.15) is 5.69 Å². The topological polar surface area (TPSA) is 109 Å². The molecule has 1 amide bonds. The van der Waals surface area contributed by atoms with Gasteiger partial charge >= 0.3 is 0 Å². The zero-order valence-corrected chi connectivity index (χ0v) is 19.1. The third-order valence-corrected chi connectivity index (χ3v) is 5.47. The predicted molar refractivity (Wildman–Crippen MR) is 137 cm³/mol. The smallest absolute Gasteiger partial charge is 0.259 e. The molecule has 2 heterocycles. The van der Waals surface area contributed by atoms with E-state index < -0.39 is 5.91 Å². The highest BCUT2D eigenvalue weighted by Crippen LogP contribution is 2.40. The second kappa shape index (κ2) is 9.48. The molecule has 0 fully saturated rings. The lowest BCUT2D eigenvalue weighted by Gasteiger charge is -2.11. The first kappa shape index (κ1) is 22.4. The van der Waals surface area contributed by atoms with Crippen LogP contribution in [-0.2, 0) is 0 Å². The number of amides is 1. The average molecular weight is 473 g/mol. The molecule has 0 radical (unpaired) electrons. The molecule has 3 aromatic carbocycles. The Morgan fingerprint density at radius 2 is 1.89 bits per heavy atom. The van der Waals surface area contributed by atoms with E-state index in [1.165, 1.54) is 10.9 Å². The number of aromatic nitrogens is 3. The molecule has 5 aromatic rings. The zero-order valence-electron chi connectivity index (χ0n) is 19.1. The Morgan fingerprint density at radius 1 is 1.06 bits per heavy atom. The third-order valence-electron chi connectivity index (χ3n) is 5.47. The first-order chi connectivity index (χ1) is 17.5. The van der Waals surface area contributed by atoms with Gasteiger partial charge in [0.05, 0.1) is 18.3 Å². The lowest BCUT2D eigenvalue weighted by atomic mass is 10.0. The molecular formula is C27H19N7O2. The normalized spacial score (nSPS) is 11.0. The van der Waals surface area contributed by atoms with Gasteiger partial charge < -0.3 is 10.4 Å². The standard InChI is InChI=1S/C27H19N7O2/c1-17-8-7-10-19(14-17)31-27(36)21-15-18-9-3-4-11-20(18)24(25(21)35)32-33-26-22(28-2)16-30-34(26)23-12-5-6-13-29-23/h3-16,35H,1H3,(H,31,36).